The zero-order valence-electron chi connectivity index (χ0n) is 15.8. The van der Waals surface area contributed by atoms with E-state index in [-0.39, 0.29) is 18.4 Å². The Hall–Kier alpha value is -3.28. The molecule has 0 bridgehead atoms. The first-order valence-electron chi connectivity index (χ1n) is 9.37. The maximum Gasteiger partial charge on any atom is 0.251 e. The van der Waals surface area contributed by atoms with E-state index in [0.29, 0.717) is 31.0 Å². The third-order valence-corrected chi connectivity index (χ3v) is 4.64. The maximum atomic E-state index is 12.4. The molecule has 28 heavy (non-hydrogen) atoms. The molecule has 0 aliphatic carbocycles. The SMILES string of the molecule is C=CCOc1ccc(C(=O)NCC(=O)N2CCN(c3ccccc3)CC2)cc1. The smallest absolute Gasteiger partial charge is 0.251 e. The third kappa shape index (κ3) is 5.13. The summed E-state index contributed by atoms with van der Waals surface area (Å²) in [6, 6.07) is 17.0. The Morgan fingerprint density at radius 1 is 1.00 bits per heavy atom. The monoisotopic (exact) mass is 379 g/mol. The van der Waals surface area contributed by atoms with Gasteiger partial charge in [0.15, 0.2) is 0 Å². The number of ether oxygens (including phenoxy) is 1. The molecule has 2 aromatic carbocycles. The van der Waals surface area contributed by atoms with Crippen LogP contribution in [0.15, 0.2) is 67.3 Å². The number of amides is 2. The van der Waals surface area contributed by atoms with Gasteiger partial charge in [0.25, 0.3) is 5.91 Å². The van der Waals surface area contributed by atoms with Gasteiger partial charge in [-0.05, 0) is 36.4 Å². The van der Waals surface area contributed by atoms with Gasteiger partial charge >= 0.3 is 0 Å². The Morgan fingerprint density at radius 3 is 2.32 bits per heavy atom. The highest BCUT2D eigenvalue weighted by atomic mass is 16.5. The molecule has 1 fully saturated rings. The summed E-state index contributed by atoms with van der Waals surface area (Å²) in [5.41, 5.74) is 1.66. The van der Waals surface area contributed by atoms with Gasteiger partial charge in [0.2, 0.25) is 5.91 Å². The molecule has 0 aromatic heterocycles. The Labute approximate surface area is 165 Å². The highest BCUT2D eigenvalue weighted by molar-refractivity contribution is 5.96. The quantitative estimate of drug-likeness (QED) is 0.750. The van der Waals surface area contributed by atoms with Gasteiger partial charge < -0.3 is 19.9 Å². The molecule has 2 amide bonds. The molecule has 0 unspecified atom stereocenters. The molecule has 0 saturated carbocycles. The number of benzene rings is 2. The number of hydrogen-bond acceptors (Lipinski definition) is 4. The third-order valence-electron chi connectivity index (χ3n) is 4.64. The molecular weight excluding hydrogens is 354 g/mol. The summed E-state index contributed by atoms with van der Waals surface area (Å²) in [6.45, 7) is 6.88. The van der Waals surface area contributed by atoms with E-state index in [2.05, 4.69) is 28.9 Å². The Kier molecular flexibility index (Phi) is 6.68. The van der Waals surface area contributed by atoms with Crippen LogP contribution < -0.4 is 15.0 Å². The van der Waals surface area contributed by atoms with E-state index < -0.39 is 0 Å². The van der Waals surface area contributed by atoms with Gasteiger partial charge in [-0.3, -0.25) is 9.59 Å². The minimum absolute atomic E-state index is 0.00111. The van der Waals surface area contributed by atoms with E-state index in [1.807, 2.05) is 18.2 Å². The fourth-order valence-electron chi connectivity index (χ4n) is 3.08. The second-order valence-electron chi connectivity index (χ2n) is 6.51. The van der Waals surface area contributed by atoms with Crippen LogP contribution in [0.3, 0.4) is 0 Å². The van der Waals surface area contributed by atoms with E-state index in [1.54, 1.807) is 35.2 Å². The Bertz CT molecular complexity index is 798. The second-order valence-corrected chi connectivity index (χ2v) is 6.51. The molecule has 2 aromatic rings. The lowest BCUT2D eigenvalue weighted by molar-refractivity contribution is -0.130. The van der Waals surface area contributed by atoms with Crippen LogP contribution in [0.25, 0.3) is 0 Å². The summed E-state index contributed by atoms with van der Waals surface area (Å²) in [5, 5.41) is 2.70. The lowest BCUT2D eigenvalue weighted by Crippen LogP contribution is -2.51. The van der Waals surface area contributed by atoms with Crippen molar-refractivity contribution >= 4 is 17.5 Å². The molecular formula is C22H25N3O3. The van der Waals surface area contributed by atoms with Crippen molar-refractivity contribution in [1.82, 2.24) is 10.2 Å². The molecule has 1 saturated heterocycles. The van der Waals surface area contributed by atoms with Crippen LogP contribution in [0.1, 0.15) is 10.4 Å². The van der Waals surface area contributed by atoms with Crippen LogP contribution in [0.4, 0.5) is 5.69 Å². The van der Waals surface area contributed by atoms with E-state index in [0.717, 1.165) is 13.1 Å². The van der Waals surface area contributed by atoms with E-state index in [4.69, 9.17) is 4.74 Å². The summed E-state index contributed by atoms with van der Waals surface area (Å²) < 4.78 is 5.39. The summed E-state index contributed by atoms with van der Waals surface area (Å²) in [5.74, 6) is 0.336. The number of carbonyl (C=O) groups is 2. The lowest BCUT2D eigenvalue weighted by Gasteiger charge is -2.36. The van der Waals surface area contributed by atoms with Gasteiger partial charge in [0.05, 0.1) is 6.54 Å². The maximum absolute atomic E-state index is 12.4. The number of hydrogen-bond donors (Lipinski definition) is 1. The molecule has 146 valence electrons. The highest BCUT2D eigenvalue weighted by Crippen LogP contribution is 2.15. The van der Waals surface area contributed by atoms with Crippen LogP contribution in [0.5, 0.6) is 5.75 Å². The zero-order valence-corrected chi connectivity index (χ0v) is 15.8. The Morgan fingerprint density at radius 2 is 1.68 bits per heavy atom. The fraction of sp³-hybridized carbons (Fsp3) is 0.273. The standard InChI is InChI=1S/C22H25N3O3/c1-2-16-28-20-10-8-18(9-11-20)22(27)23-17-21(26)25-14-12-24(13-15-25)19-6-4-3-5-7-19/h2-11H,1,12-17H2,(H,23,27). The van der Waals surface area contributed by atoms with Gasteiger partial charge in [-0.2, -0.15) is 0 Å². The van der Waals surface area contributed by atoms with Crippen molar-refractivity contribution in [3.8, 4) is 5.75 Å². The molecule has 1 N–H and O–H groups in total. The fourth-order valence-corrected chi connectivity index (χ4v) is 3.08. The van der Waals surface area contributed by atoms with Gasteiger partial charge in [-0.1, -0.05) is 30.9 Å². The molecule has 1 heterocycles. The normalized spacial score (nSPS) is 13.7. The zero-order chi connectivity index (χ0) is 19.8. The van der Waals surface area contributed by atoms with Crippen molar-refractivity contribution < 1.29 is 14.3 Å². The second kappa shape index (κ2) is 9.60. The van der Waals surface area contributed by atoms with Gasteiger partial charge in [-0.25, -0.2) is 0 Å². The molecule has 0 spiro atoms. The van der Waals surface area contributed by atoms with Crippen molar-refractivity contribution in [3.63, 3.8) is 0 Å². The van der Waals surface area contributed by atoms with Crippen LogP contribution in [-0.4, -0.2) is 56.0 Å². The van der Waals surface area contributed by atoms with Crippen molar-refractivity contribution in [2.75, 3.05) is 44.2 Å². The lowest BCUT2D eigenvalue weighted by atomic mass is 10.2. The topological polar surface area (TPSA) is 61.9 Å². The average Bonchev–Trinajstić information content (AvgIpc) is 2.77. The van der Waals surface area contributed by atoms with Crippen molar-refractivity contribution in [2.45, 2.75) is 0 Å². The first-order chi connectivity index (χ1) is 13.7. The van der Waals surface area contributed by atoms with Crippen LogP contribution in [0, 0.1) is 0 Å². The highest BCUT2D eigenvalue weighted by Gasteiger charge is 2.21. The van der Waals surface area contributed by atoms with Crippen LogP contribution in [-0.2, 0) is 4.79 Å². The van der Waals surface area contributed by atoms with Gasteiger partial charge in [-0.15, -0.1) is 0 Å². The predicted octanol–water partition coefficient (Wildman–Crippen LogP) is 2.33. The van der Waals surface area contributed by atoms with Crippen LogP contribution in [0.2, 0.25) is 0 Å². The van der Waals surface area contributed by atoms with Crippen molar-refractivity contribution in [2.24, 2.45) is 0 Å². The summed E-state index contributed by atoms with van der Waals surface area (Å²) in [7, 11) is 0. The number of rotatable bonds is 7. The minimum Gasteiger partial charge on any atom is -0.490 e. The van der Waals surface area contributed by atoms with E-state index in [9.17, 15) is 9.59 Å². The van der Waals surface area contributed by atoms with E-state index in [1.165, 1.54) is 5.69 Å². The summed E-state index contributed by atoms with van der Waals surface area (Å²) in [4.78, 5) is 28.7. The Balaban J connectivity index is 1.44. The summed E-state index contributed by atoms with van der Waals surface area (Å²) >= 11 is 0. The van der Waals surface area contributed by atoms with Gasteiger partial charge in [0.1, 0.15) is 12.4 Å². The van der Waals surface area contributed by atoms with Crippen molar-refractivity contribution in [1.29, 1.82) is 0 Å². The number of anilines is 1. The van der Waals surface area contributed by atoms with Crippen LogP contribution >= 0.6 is 0 Å². The minimum atomic E-state index is -0.272. The molecule has 6 heteroatoms. The van der Waals surface area contributed by atoms with Gasteiger partial charge in [0, 0.05) is 37.4 Å². The summed E-state index contributed by atoms with van der Waals surface area (Å²) in [6.07, 6.45) is 1.66. The first-order valence-corrected chi connectivity index (χ1v) is 9.37. The molecule has 6 nitrogen and oxygen atoms in total. The molecule has 1 aliphatic rings. The number of para-hydroxylation sites is 1. The van der Waals surface area contributed by atoms with E-state index >= 15 is 0 Å². The number of nitrogens with one attached hydrogen (secondary N) is 1. The molecule has 0 radical (unpaired) electrons. The molecule has 3 rings (SSSR count). The first kappa shape index (κ1) is 19.5. The number of nitrogens with zero attached hydrogens (tertiary/aromatic N) is 2. The number of piperazine rings is 1. The average molecular weight is 379 g/mol. The largest absolute Gasteiger partial charge is 0.490 e. The predicted molar refractivity (Wildman–Crippen MR) is 110 cm³/mol. The van der Waals surface area contributed by atoms with Crippen molar-refractivity contribution in [3.05, 3.63) is 72.8 Å². The number of carbonyl (C=O) groups excluding carboxylic acids is 2. The molecule has 0 atom stereocenters. The molecule has 1 aliphatic heterocycles.